The number of nitrogens with one attached hydrogen (secondary N) is 2. The van der Waals surface area contributed by atoms with Gasteiger partial charge in [0.05, 0.1) is 11.5 Å². The van der Waals surface area contributed by atoms with Gasteiger partial charge in [0.2, 0.25) is 5.91 Å². The summed E-state index contributed by atoms with van der Waals surface area (Å²) >= 11 is 0. The second kappa shape index (κ2) is 10.5. The van der Waals surface area contributed by atoms with Gasteiger partial charge in [0.15, 0.2) is 15.8 Å². The lowest BCUT2D eigenvalue weighted by atomic mass is 9.89. The first-order valence-corrected chi connectivity index (χ1v) is 10.6. The predicted octanol–water partition coefficient (Wildman–Crippen LogP) is 0.995. The number of halogens is 1. The maximum absolute atomic E-state index is 11.8. The maximum Gasteiger partial charge on any atom is 0.243 e. The van der Waals surface area contributed by atoms with Crippen molar-refractivity contribution in [2.45, 2.75) is 44.6 Å². The van der Waals surface area contributed by atoms with Gasteiger partial charge in [-0.25, -0.2) is 13.4 Å². The summed E-state index contributed by atoms with van der Waals surface area (Å²) in [5.74, 6) is 1.46. The van der Waals surface area contributed by atoms with Crippen LogP contribution in [0.5, 0.6) is 0 Å². The molecule has 2 rings (SSSR count). The average Bonchev–Trinajstić information content (AvgIpc) is 2.89. The predicted molar refractivity (Wildman–Crippen MR) is 111 cm³/mol. The lowest BCUT2D eigenvalue weighted by Gasteiger charge is -2.24. The maximum atomic E-state index is 11.8. The molecule has 1 aliphatic heterocycles. The number of carbonyl (C=O) groups excluding carboxylic acids is 1. The zero-order valence-corrected chi connectivity index (χ0v) is 18.3. The van der Waals surface area contributed by atoms with E-state index in [0.717, 1.165) is 6.54 Å². The fraction of sp³-hybridized carbons (Fsp3) is 0.875. The van der Waals surface area contributed by atoms with E-state index >= 15 is 0 Å². The van der Waals surface area contributed by atoms with Crippen LogP contribution in [0.25, 0.3) is 0 Å². The highest BCUT2D eigenvalue weighted by Gasteiger charge is 2.28. The van der Waals surface area contributed by atoms with E-state index in [-0.39, 0.29) is 54.0 Å². The van der Waals surface area contributed by atoms with Crippen LogP contribution in [0, 0.1) is 5.92 Å². The third-order valence-electron chi connectivity index (χ3n) is 4.73. The topological polar surface area (TPSA) is 90.9 Å². The summed E-state index contributed by atoms with van der Waals surface area (Å²) in [6, 6.07) is -0.123. The molecule has 146 valence electrons. The Kier molecular flexibility index (Phi) is 9.47. The minimum absolute atomic E-state index is 0. The van der Waals surface area contributed by atoms with Crippen molar-refractivity contribution < 1.29 is 13.2 Å². The number of amides is 1. The van der Waals surface area contributed by atoms with Crippen molar-refractivity contribution in [3.63, 3.8) is 0 Å². The van der Waals surface area contributed by atoms with E-state index in [9.17, 15) is 13.2 Å². The Labute approximate surface area is 168 Å². The summed E-state index contributed by atoms with van der Waals surface area (Å²) in [5, 5.41) is 6.51. The van der Waals surface area contributed by atoms with Gasteiger partial charge in [0.25, 0.3) is 0 Å². The van der Waals surface area contributed by atoms with Crippen molar-refractivity contribution in [1.82, 2.24) is 15.5 Å². The van der Waals surface area contributed by atoms with Crippen molar-refractivity contribution in [2.75, 3.05) is 38.7 Å². The Morgan fingerprint density at radius 1 is 1.16 bits per heavy atom. The molecule has 1 aliphatic carbocycles. The van der Waals surface area contributed by atoms with Crippen LogP contribution in [0.3, 0.4) is 0 Å². The van der Waals surface area contributed by atoms with E-state index in [0.29, 0.717) is 18.3 Å². The SMILES string of the molecule is CN(C)C(=O)CN=C(NCC1CCCCC1)NC1CCS(=O)(=O)C1.I. The van der Waals surface area contributed by atoms with Gasteiger partial charge in [-0.05, 0) is 25.2 Å². The number of rotatable bonds is 5. The molecule has 2 N–H and O–H groups in total. The Morgan fingerprint density at radius 2 is 1.84 bits per heavy atom. The first kappa shape index (κ1) is 22.5. The van der Waals surface area contributed by atoms with Crippen molar-refractivity contribution in [3.8, 4) is 0 Å². The van der Waals surface area contributed by atoms with Crippen LogP contribution in [0.15, 0.2) is 4.99 Å². The highest BCUT2D eigenvalue weighted by atomic mass is 127. The van der Waals surface area contributed by atoms with Crippen molar-refractivity contribution >= 4 is 45.7 Å². The van der Waals surface area contributed by atoms with E-state index in [2.05, 4.69) is 15.6 Å². The largest absolute Gasteiger partial charge is 0.356 e. The van der Waals surface area contributed by atoms with Gasteiger partial charge in [-0.2, -0.15) is 0 Å². The molecule has 0 bridgehead atoms. The molecule has 0 aromatic carbocycles. The normalized spacial score (nSPS) is 23.6. The molecule has 1 unspecified atom stereocenters. The van der Waals surface area contributed by atoms with Crippen LogP contribution in [-0.4, -0.2) is 69.9 Å². The molecule has 1 atom stereocenters. The number of guanidine groups is 1. The molecule has 2 fully saturated rings. The summed E-state index contributed by atoms with van der Waals surface area (Å²) < 4.78 is 23.2. The third-order valence-corrected chi connectivity index (χ3v) is 6.50. The molecule has 1 saturated heterocycles. The molecular formula is C16H31IN4O3S. The van der Waals surface area contributed by atoms with Crippen LogP contribution in [0.2, 0.25) is 0 Å². The second-order valence-electron chi connectivity index (χ2n) is 7.08. The summed E-state index contributed by atoms with van der Waals surface area (Å²) in [6.07, 6.45) is 6.88. The summed E-state index contributed by atoms with van der Waals surface area (Å²) in [4.78, 5) is 17.6. The molecule has 9 heteroatoms. The van der Waals surface area contributed by atoms with Crippen LogP contribution in [0.4, 0.5) is 0 Å². The van der Waals surface area contributed by atoms with Crippen molar-refractivity contribution in [1.29, 1.82) is 0 Å². The van der Waals surface area contributed by atoms with Gasteiger partial charge in [-0.3, -0.25) is 4.79 Å². The summed E-state index contributed by atoms with van der Waals surface area (Å²) in [5.41, 5.74) is 0. The number of hydrogen-bond acceptors (Lipinski definition) is 4. The Balaban J connectivity index is 0.00000312. The van der Waals surface area contributed by atoms with Gasteiger partial charge in [-0.15, -0.1) is 24.0 Å². The zero-order chi connectivity index (χ0) is 17.6. The molecular weight excluding hydrogens is 455 g/mol. The van der Waals surface area contributed by atoms with Gasteiger partial charge >= 0.3 is 0 Å². The summed E-state index contributed by atoms with van der Waals surface area (Å²) in [6.45, 7) is 0.883. The molecule has 0 aromatic rings. The molecule has 0 radical (unpaired) electrons. The standard InChI is InChI=1S/C16H30N4O3S.HI/c1-20(2)15(21)11-18-16(17-10-13-6-4-3-5-7-13)19-14-8-9-24(22,23)12-14;/h13-14H,3-12H2,1-2H3,(H2,17,18,19);1H. The highest BCUT2D eigenvalue weighted by molar-refractivity contribution is 14.0. The number of aliphatic imine (C=N–C) groups is 1. The van der Waals surface area contributed by atoms with Gasteiger partial charge in [0.1, 0.15) is 6.54 Å². The Bertz CT molecular complexity index is 560. The highest BCUT2D eigenvalue weighted by Crippen LogP contribution is 2.22. The first-order chi connectivity index (χ1) is 11.4. The second-order valence-corrected chi connectivity index (χ2v) is 9.31. The smallest absolute Gasteiger partial charge is 0.243 e. The zero-order valence-electron chi connectivity index (χ0n) is 15.2. The molecule has 0 spiro atoms. The van der Waals surface area contributed by atoms with Crippen molar-refractivity contribution in [3.05, 3.63) is 0 Å². The van der Waals surface area contributed by atoms with E-state index in [4.69, 9.17) is 0 Å². The van der Waals surface area contributed by atoms with E-state index < -0.39 is 9.84 Å². The Morgan fingerprint density at radius 3 is 2.40 bits per heavy atom. The molecule has 7 nitrogen and oxygen atoms in total. The van der Waals surface area contributed by atoms with Crippen LogP contribution < -0.4 is 10.6 Å². The minimum atomic E-state index is -2.94. The van der Waals surface area contributed by atoms with E-state index in [1.807, 2.05) is 0 Å². The van der Waals surface area contributed by atoms with Gasteiger partial charge < -0.3 is 15.5 Å². The van der Waals surface area contributed by atoms with E-state index in [1.54, 1.807) is 14.1 Å². The van der Waals surface area contributed by atoms with Crippen LogP contribution in [-0.2, 0) is 14.6 Å². The van der Waals surface area contributed by atoms with Gasteiger partial charge in [-0.1, -0.05) is 19.3 Å². The molecule has 1 heterocycles. The number of carbonyl (C=O) groups is 1. The monoisotopic (exact) mass is 486 g/mol. The molecule has 1 saturated carbocycles. The fourth-order valence-electron chi connectivity index (χ4n) is 3.18. The Hall–Kier alpha value is -0.580. The molecule has 2 aliphatic rings. The molecule has 1 amide bonds. The lowest BCUT2D eigenvalue weighted by Crippen LogP contribution is -2.46. The quantitative estimate of drug-likeness (QED) is 0.344. The van der Waals surface area contributed by atoms with Crippen molar-refractivity contribution in [2.24, 2.45) is 10.9 Å². The van der Waals surface area contributed by atoms with Crippen LogP contribution >= 0.6 is 24.0 Å². The molecule has 0 aromatic heterocycles. The van der Waals surface area contributed by atoms with E-state index in [1.165, 1.54) is 37.0 Å². The third kappa shape index (κ3) is 8.10. The van der Waals surface area contributed by atoms with Gasteiger partial charge in [0, 0.05) is 26.7 Å². The number of hydrogen-bond donors (Lipinski definition) is 2. The first-order valence-electron chi connectivity index (χ1n) is 8.81. The lowest BCUT2D eigenvalue weighted by molar-refractivity contribution is -0.127. The molecule has 25 heavy (non-hydrogen) atoms. The average molecular weight is 486 g/mol. The fourth-order valence-corrected chi connectivity index (χ4v) is 4.85. The minimum Gasteiger partial charge on any atom is -0.356 e. The number of nitrogens with zero attached hydrogens (tertiary/aromatic N) is 2. The number of sulfone groups is 1. The van der Waals surface area contributed by atoms with Crippen LogP contribution in [0.1, 0.15) is 38.5 Å². The number of likely N-dealkylation sites (N-methyl/N-ethyl adjacent to an activating group) is 1. The summed E-state index contributed by atoms with van der Waals surface area (Å²) in [7, 11) is 0.455.